The molecule has 1 heterocycles. The number of rotatable bonds is 2. The highest BCUT2D eigenvalue weighted by Crippen LogP contribution is 2.56. The molecule has 0 bridgehead atoms. The molecule has 8 aromatic carbocycles. The van der Waals surface area contributed by atoms with Crippen LogP contribution in [0.2, 0.25) is 0 Å². The molecule has 0 atom stereocenters. The van der Waals surface area contributed by atoms with Crippen molar-refractivity contribution in [2.75, 3.05) is 0 Å². The molecule has 0 saturated heterocycles. The average Bonchev–Trinajstić information content (AvgIpc) is 3.34. The Balaban J connectivity index is 1.22. The van der Waals surface area contributed by atoms with E-state index in [1.807, 2.05) is 6.07 Å². The van der Waals surface area contributed by atoms with Crippen molar-refractivity contribution in [1.82, 2.24) is 0 Å². The fourth-order valence-corrected chi connectivity index (χ4v) is 8.36. The standard InChI is InChI=1S/C45H30O/c1-45(2)39-26-29(31-23-24-41-42-35(31)18-10-19-36(42)34-16-7-8-20-40(34)46-41)21-22-37(39)43-32-15-6-4-12-28(32)25-38(44(43)45)33-17-9-13-27-11-3-5-14-30(27)33/h3-26H,1-2H3. The Morgan fingerprint density at radius 2 is 1.11 bits per heavy atom. The summed E-state index contributed by atoms with van der Waals surface area (Å²) in [5.74, 6) is 1.84. The maximum absolute atomic E-state index is 6.42. The summed E-state index contributed by atoms with van der Waals surface area (Å²) in [5.41, 5.74) is 12.8. The van der Waals surface area contributed by atoms with Gasteiger partial charge in [-0.2, -0.15) is 0 Å². The maximum atomic E-state index is 6.42. The summed E-state index contributed by atoms with van der Waals surface area (Å²) >= 11 is 0. The van der Waals surface area contributed by atoms with Gasteiger partial charge >= 0.3 is 0 Å². The first-order valence-corrected chi connectivity index (χ1v) is 16.1. The number of fused-ring (bicyclic) bond motifs is 8. The Morgan fingerprint density at radius 1 is 0.435 bits per heavy atom. The smallest absolute Gasteiger partial charge is 0.135 e. The number of hydrogen-bond acceptors (Lipinski definition) is 1. The van der Waals surface area contributed by atoms with E-state index in [2.05, 4.69) is 153 Å². The Labute approximate surface area is 268 Å². The number of benzene rings is 8. The monoisotopic (exact) mass is 586 g/mol. The van der Waals surface area contributed by atoms with Gasteiger partial charge in [0.05, 0.1) is 0 Å². The molecule has 0 unspecified atom stereocenters. The summed E-state index contributed by atoms with van der Waals surface area (Å²) in [4.78, 5) is 0. The molecule has 8 aromatic rings. The van der Waals surface area contributed by atoms with Gasteiger partial charge in [-0.1, -0.05) is 135 Å². The van der Waals surface area contributed by atoms with Crippen molar-refractivity contribution in [3.8, 4) is 56.0 Å². The molecule has 0 fully saturated rings. The van der Waals surface area contributed by atoms with Crippen molar-refractivity contribution in [1.29, 1.82) is 0 Å². The molecule has 10 rings (SSSR count). The minimum absolute atomic E-state index is 0.203. The van der Waals surface area contributed by atoms with Crippen LogP contribution in [-0.4, -0.2) is 0 Å². The summed E-state index contributed by atoms with van der Waals surface area (Å²) in [6.45, 7) is 4.82. The molecule has 0 N–H and O–H groups in total. The second-order valence-electron chi connectivity index (χ2n) is 13.2. The van der Waals surface area contributed by atoms with Gasteiger partial charge in [0.15, 0.2) is 0 Å². The van der Waals surface area contributed by atoms with Gasteiger partial charge in [0.2, 0.25) is 0 Å². The molecule has 216 valence electrons. The molecule has 0 saturated carbocycles. The van der Waals surface area contributed by atoms with E-state index in [0.717, 1.165) is 17.1 Å². The lowest BCUT2D eigenvalue weighted by atomic mass is 9.77. The van der Waals surface area contributed by atoms with Crippen LogP contribution in [0.4, 0.5) is 0 Å². The van der Waals surface area contributed by atoms with Crippen molar-refractivity contribution in [2.24, 2.45) is 0 Å². The third-order valence-electron chi connectivity index (χ3n) is 10.4. The number of ether oxygens (including phenoxy) is 1. The Morgan fingerprint density at radius 3 is 2.02 bits per heavy atom. The molecular formula is C45H30O. The van der Waals surface area contributed by atoms with Crippen molar-refractivity contribution in [3.63, 3.8) is 0 Å². The fourth-order valence-electron chi connectivity index (χ4n) is 8.36. The molecule has 2 aliphatic rings. The minimum Gasteiger partial charge on any atom is -0.456 e. The van der Waals surface area contributed by atoms with Gasteiger partial charge in [-0.15, -0.1) is 0 Å². The van der Waals surface area contributed by atoms with Crippen LogP contribution < -0.4 is 4.74 Å². The third-order valence-corrected chi connectivity index (χ3v) is 10.4. The van der Waals surface area contributed by atoms with Gasteiger partial charge in [0.1, 0.15) is 11.5 Å². The highest BCUT2D eigenvalue weighted by molar-refractivity contribution is 6.12. The molecule has 0 aromatic heterocycles. The first-order valence-electron chi connectivity index (χ1n) is 16.1. The lowest BCUT2D eigenvalue weighted by Gasteiger charge is -2.26. The zero-order valence-corrected chi connectivity index (χ0v) is 25.8. The summed E-state index contributed by atoms with van der Waals surface area (Å²) in [6, 6.07) is 53.3. The summed E-state index contributed by atoms with van der Waals surface area (Å²) in [7, 11) is 0. The van der Waals surface area contributed by atoms with E-state index in [1.165, 1.54) is 82.4 Å². The predicted molar refractivity (Wildman–Crippen MR) is 193 cm³/mol. The Kier molecular flexibility index (Phi) is 5.12. The quantitative estimate of drug-likeness (QED) is 0.196. The second kappa shape index (κ2) is 9.19. The van der Waals surface area contributed by atoms with E-state index in [9.17, 15) is 0 Å². The van der Waals surface area contributed by atoms with Crippen LogP contribution >= 0.6 is 0 Å². The molecule has 0 amide bonds. The van der Waals surface area contributed by atoms with Crippen LogP contribution in [0.1, 0.15) is 25.0 Å². The molecule has 1 nitrogen and oxygen atoms in total. The zero-order valence-electron chi connectivity index (χ0n) is 25.8. The van der Waals surface area contributed by atoms with Crippen molar-refractivity contribution in [3.05, 3.63) is 157 Å². The predicted octanol–water partition coefficient (Wildman–Crippen LogP) is 12.6. The zero-order chi connectivity index (χ0) is 30.6. The first kappa shape index (κ1) is 25.6. The second-order valence-corrected chi connectivity index (χ2v) is 13.2. The van der Waals surface area contributed by atoms with Crippen LogP contribution in [0.3, 0.4) is 0 Å². The largest absolute Gasteiger partial charge is 0.456 e. The van der Waals surface area contributed by atoms with Crippen LogP contribution in [-0.2, 0) is 5.41 Å². The van der Waals surface area contributed by atoms with E-state index < -0.39 is 0 Å². The van der Waals surface area contributed by atoms with Gasteiger partial charge in [-0.3, -0.25) is 0 Å². The summed E-state index contributed by atoms with van der Waals surface area (Å²) in [6.07, 6.45) is 0. The Hall–Kier alpha value is -5.66. The van der Waals surface area contributed by atoms with Gasteiger partial charge in [-0.25, -0.2) is 0 Å². The van der Waals surface area contributed by atoms with E-state index in [-0.39, 0.29) is 5.41 Å². The molecule has 1 aliphatic carbocycles. The van der Waals surface area contributed by atoms with Crippen molar-refractivity contribution >= 4 is 32.3 Å². The molecule has 1 aliphatic heterocycles. The van der Waals surface area contributed by atoms with E-state index in [4.69, 9.17) is 4.74 Å². The fraction of sp³-hybridized carbons (Fsp3) is 0.0667. The normalized spacial score (nSPS) is 13.8. The highest BCUT2D eigenvalue weighted by atomic mass is 16.5. The van der Waals surface area contributed by atoms with Crippen LogP contribution in [0, 0.1) is 0 Å². The first-order chi connectivity index (χ1) is 22.6. The summed E-state index contributed by atoms with van der Waals surface area (Å²) in [5, 5.41) is 7.57. The number of hydrogen-bond donors (Lipinski definition) is 0. The van der Waals surface area contributed by atoms with Crippen molar-refractivity contribution < 1.29 is 4.74 Å². The van der Waals surface area contributed by atoms with Gasteiger partial charge < -0.3 is 4.74 Å². The third kappa shape index (κ3) is 3.40. The maximum Gasteiger partial charge on any atom is 0.135 e. The lowest BCUT2D eigenvalue weighted by molar-refractivity contribution is 0.487. The van der Waals surface area contributed by atoms with Gasteiger partial charge in [0, 0.05) is 16.4 Å². The molecular weight excluding hydrogens is 556 g/mol. The SMILES string of the molecule is CC1(C)c2cc(-c3ccc4c5c(cccc35)-c3ccccc3O4)ccc2-c2c1c(-c1cccc3ccccc13)cc1ccccc21. The van der Waals surface area contributed by atoms with Gasteiger partial charge in [-0.05, 0) is 101 Å². The number of para-hydroxylation sites is 1. The van der Waals surface area contributed by atoms with Crippen LogP contribution in [0.25, 0.3) is 76.8 Å². The topological polar surface area (TPSA) is 9.23 Å². The van der Waals surface area contributed by atoms with E-state index >= 15 is 0 Å². The van der Waals surface area contributed by atoms with Crippen molar-refractivity contribution in [2.45, 2.75) is 19.3 Å². The molecule has 0 radical (unpaired) electrons. The minimum atomic E-state index is -0.203. The highest BCUT2D eigenvalue weighted by Gasteiger charge is 2.39. The molecule has 0 spiro atoms. The summed E-state index contributed by atoms with van der Waals surface area (Å²) < 4.78 is 6.42. The van der Waals surface area contributed by atoms with E-state index in [0.29, 0.717) is 0 Å². The Bertz CT molecular complexity index is 2580. The average molecular weight is 587 g/mol. The van der Waals surface area contributed by atoms with Gasteiger partial charge in [0.25, 0.3) is 0 Å². The van der Waals surface area contributed by atoms with Crippen LogP contribution in [0.15, 0.2) is 146 Å². The lowest BCUT2D eigenvalue weighted by Crippen LogP contribution is -2.16. The van der Waals surface area contributed by atoms with E-state index in [1.54, 1.807) is 0 Å². The molecule has 1 heteroatoms. The van der Waals surface area contributed by atoms with Crippen LogP contribution in [0.5, 0.6) is 11.5 Å². The molecule has 46 heavy (non-hydrogen) atoms.